The van der Waals surface area contributed by atoms with Crippen LogP contribution in [0.15, 0.2) is 23.7 Å². The maximum absolute atomic E-state index is 12.9. The van der Waals surface area contributed by atoms with E-state index in [0.29, 0.717) is 17.5 Å². The van der Waals surface area contributed by atoms with Gasteiger partial charge in [0.25, 0.3) is 0 Å². The summed E-state index contributed by atoms with van der Waals surface area (Å²) in [4.78, 5) is 25.4. The lowest BCUT2D eigenvalue weighted by Gasteiger charge is -2.21. The Labute approximate surface area is 150 Å². The second-order valence-corrected chi connectivity index (χ2v) is 8.08. The molecule has 2 unspecified atom stereocenters. The van der Waals surface area contributed by atoms with E-state index in [9.17, 15) is 9.18 Å². The number of amides is 1. The normalized spacial score (nSPS) is 23.2. The van der Waals surface area contributed by atoms with Gasteiger partial charge in [-0.25, -0.2) is 9.37 Å². The number of likely N-dealkylation sites (tertiary alicyclic amines) is 2. The maximum Gasteiger partial charge on any atom is 0.228 e. The van der Waals surface area contributed by atoms with E-state index >= 15 is 0 Å². The Hall–Kier alpha value is -1.86. The first-order valence-corrected chi connectivity index (χ1v) is 9.46. The number of carbonyl (C=O) groups is 1. The standard InChI is InChI=1S/C18H21FN4OS/c1-12-21-17(11-25-12)10-22-6-13-8-23(9-14(13)7-22)18(24)4-16-3-2-15(19)5-20-16/h2-3,5,11,13-14H,4,6-10H2,1H3. The largest absolute Gasteiger partial charge is 0.342 e. The Morgan fingerprint density at radius 2 is 2.00 bits per heavy atom. The van der Waals surface area contributed by atoms with E-state index in [1.165, 1.54) is 12.3 Å². The van der Waals surface area contributed by atoms with Crippen molar-refractivity contribution in [2.45, 2.75) is 19.9 Å². The van der Waals surface area contributed by atoms with Crippen LogP contribution in [0.4, 0.5) is 4.39 Å². The molecule has 4 rings (SSSR count). The van der Waals surface area contributed by atoms with Gasteiger partial charge in [0.15, 0.2) is 0 Å². The Morgan fingerprint density at radius 1 is 1.24 bits per heavy atom. The number of hydrogen-bond acceptors (Lipinski definition) is 5. The van der Waals surface area contributed by atoms with Crippen LogP contribution in [0, 0.1) is 24.6 Å². The lowest BCUT2D eigenvalue weighted by Crippen LogP contribution is -2.34. The first-order chi connectivity index (χ1) is 12.1. The predicted molar refractivity (Wildman–Crippen MR) is 93.6 cm³/mol. The van der Waals surface area contributed by atoms with E-state index < -0.39 is 0 Å². The topological polar surface area (TPSA) is 49.3 Å². The van der Waals surface area contributed by atoms with Gasteiger partial charge in [0.1, 0.15) is 5.82 Å². The van der Waals surface area contributed by atoms with Crippen molar-refractivity contribution in [2.75, 3.05) is 26.2 Å². The van der Waals surface area contributed by atoms with Gasteiger partial charge < -0.3 is 4.90 Å². The van der Waals surface area contributed by atoms with Crippen LogP contribution in [-0.4, -0.2) is 51.9 Å². The molecule has 2 fully saturated rings. The molecular formula is C18H21FN4OS. The molecule has 0 spiro atoms. The van der Waals surface area contributed by atoms with E-state index in [4.69, 9.17) is 0 Å². The third kappa shape index (κ3) is 3.72. The molecule has 0 N–H and O–H groups in total. The van der Waals surface area contributed by atoms with Gasteiger partial charge in [-0.2, -0.15) is 0 Å². The van der Waals surface area contributed by atoms with Gasteiger partial charge in [-0.05, 0) is 30.9 Å². The summed E-state index contributed by atoms with van der Waals surface area (Å²) >= 11 is 1.70. The summed E-state index contributed by atoms with van der Waals surface area (Å²) in [5.74, 6) is 0.812. The molecule has 0 aliphatic carbocycles. The number of pyridine rings is 1. The van der Waals surface area contributed by atoms with Gasteiger partial charge in [0, 0.05) is 43.8 Å². The van der Waals surface area contributed by atoms with Gasteiger partial charge >= 0.3 is 0 Å². The summed E-state index contributed by atoms with van der Waals surface area (Å²) in [7, 11) is 0. The van der Waals surface area contributed by atoms with Crippen molar-refractivity contribution in [1.82, 2.24) is 19.8 Å². The third-order valence-electron chi connectivity index (χ3n) is 5.09. The molecule has 7 heteroatoms. The van der Waals surface area contributed by atoms with Crippen LogP contribution in [-0.2, 0) is 17.8 Å². The molecule has 2 aromatic heterocycles. The Morgan fingerprint density at radius 3 is 2.60 bits per heavy atom. The molecule has 2 saturated heterocycles. The summed E-state index contributed by atoms with van der Waals surface area (Å²) < 4.78 is 12.9. The number of thiazole rings is 1. The fraction of sp³-hybridized carbons (Fsp3) is 0.500. The van der Waals surface area contributed by atoms with Crippen molar-refractivity contribution in [3.8, 4) is 0 Å². The molecule has 25 heavy (non-hydrogen) atoms. The van der Waals surface area contributed by atoms with Crippen molar-refractivity contribution in [3.63, 3.8) is 0 Å². The Kier molecular flexibility index (Phi) is 4.52. The van der Waals surface area contributed by atoms with Crippen LogP contribution >= 0.6 is 11.3 Å². The molecule has 2 aliphatic rings. The van der Waals surface area contributed by atoms with Crippen LogP contribution in [0.2, 0.25) is 0 Å². The minimum absolute atomic E-state index is 0.0928. The van der Waals surface area contributed by atoms with Gasteiger partial charge in [-0.3, -0.25) is 14.7 Å². The van der Waals surface area contributed by atoms with Gasteiger partial charge in [-0.15, -0.1) is 11.3 Å². The fourth-order valence-corrected chi connectivity index (χ4v) is 4.51. The quantitative estimate of drug-likeness (QED) is 0.838. The van der Waals surface area contributed by atoms with Crippen molar-refractivity contribution < 1.29 is 9.18 Å². The molecule has 2 aliphatic heterocycles. The highest BCUT2D eigenvalue weighted by molar-refractivity contribution is 7.09. The monoisotopic (exact) mass is 360 g/mol. The van der Waals surface area contributed by atoms with E-state index in [1.807, 2.05) is 11.8 Å². The third-order valence-corrected chi connectivity index (χ3v) is 5.91. The van der Waals surface area contributed by atoms with Crippen molar-refractivity contribution in [2.24, 2.45) is 11.8 Å². The second kappa shape index (κ2) is 6.80. The highest BCUT2D eigenvalue weighted by Crippen LogP contribution is 2.32. The molecule has 0 saturated carbocycles. The molecule has 1 amide bonds. The number of aryl methyl sites for hydroxylation is 1. The highest BCUT2D eigenvalue weighted by atomic mass is 32.1. The molecule has 0 radical (unpaired) electrons. The average molecular weight is 360 g/mol. The number of nitrogens with zero attached hydrogens (tertiary/aromatic N) is 4. The van der Waals surface area contributed by atoms with E-state index in [1.54, 1.807) is 17.4 Å². The summed E-state index contributed by atoms with van der Waals surface area (Å²) in [6.45, 7) is 6.63. The number of aromatic nitrogens is 2. The van der Waals surface area contributed by atoms with Crippen LogP contribution in [0.25, 0.3) is 0 Å². The summed E-state index contributed by atoms with van der Waals surface area (Å²) in [6.07, 6.45) is 1.42. The van der Waals surface area contributed by atoms with Crippen LogP contribution in [0.1, 0.15) is 16.4 Å². The van der Waals surface area contributed by atoms with Crippen molar-refractivity contribution in [1.29, 1.82) is 0 Å². The minimum Gasteiger partial charge on any atom is -0.342 e. The second-order valence-electron chi connectivity index (χ2n) is 7.02. The Balaban J connectivity index is 1.30. The number of fused-ring (bicyclic) bond motifs is 1. The zero-order chi connectivity index (χ0) is 17.4. The average Bonchev–Trinajstić information content (AvgIpc) is 3.25. The minimum atomic E-state index is -0.373. The molecule has 4 heterocycles. The van der Waals surface area contributed by atoms with Crippen LogP contribution in [0.5, 0.6) is 0 Å². The Bertz CT molecular complexity index is 749. The van der Waals surface area contributed by atoms with Crippen molar-refractivity contribution >= 4 is 17.2 Å². The van der Waals surface area contributed by atoms with Gasteiger partial charge in [0.2, 0.25) is 5.91 Å². The summed E-state index contributed by atoms with van der Waals surface area (Å²) in [5.41, 5.74) is 1.78. The first kappa shape index (κ1) is 16.6. The lowest BCUT2D eigenvalue weighted by molar-refractivity contribution is -0.129. The summed E-state index contributed by atoms with van der Waals surface area (Å²) in [5, 5.41) is 3.25. The molecule has 132 valence electrons. The van der Waals surface area contributed by atoms with Gasteiger partial charge in [-0.1, -0.05) is 0 Å². The van der Waals surface area contributed by atoms with Crippen molar-refractivity contribution in [3.05, 3.63) is 45.9 Å². The smallest absolute Gasteiger partial charge is 0.228 e. The molecule has 0 aromatic carbocycles. The molecule has 2 atom stereocenters. The predicted octanol–water partition coefficient (Wildman–Crippen LogP) is 2.12. The molecule has 5 nitrogen and oxygen atoms in total. The number of rotatable bonds is 4. The highest BCUT2D eigenvalue weighted by Gasteiger charge is 2.41. The van der Waals surface area contributed by atoms with E-state index in [0.717, 1.165) is 43.4 Å². The first-order valence-electron chi connectivity index (χ1n) is 8.58. The summed E-state index contributed by atoms with van der Waals surface area (Å²) in [6, 6.07) is 2.94. The molecule has 0 bridgehead atoms. The zero-order valence-corrected chi connectivity index (χ0v) is 15.0. The number of halogens is 1. The van der Waals surface area contributed by atoms with E-state index in [2.05, 4.69) is 20.2 Å². The van der Waals surface area contributed by atoms with Gasteiger partial charge in [0.05, 0.1) is 23.3 Å². The van der Waals surface area contributed by atoms with Crippen LogP contribution < -0.4 is 0 Å². The lowest BCUT2D eigenvalue weighted by atomic mass is 10.0. The maximum atomic E-state index is 12.9. The fourth-order valence-electron chi connectivity index (χ4n) is 3.91. The molecular weight excluding hydrogens is 339 g/mol. The number of carbonyl (C=O) groups excluding carboxylic acids is 1. The molecule has 2 aromatic rings. The van der Waals surface area contributed by atoms with Crippen LogP contribution in [0.3, 0.4) is 0 Å². The zero-order valence-electron chi connectivity index (χ0n) is 14.2. The SMILES string of the molecule is Cc1nc(CN2CC3CN(C(=O)Cc4ccc(F)cn4)CC3C2)cs1. The van der Waals surface area contributed by atoms with E-state index in [-0.39, 0.29) is 18.1 Å². The number of hydrogen-bond donors (Lipinski definition) is 0.